The van der Waals surface area contributed by atoms with E-state index in [9.17, 15) is 9.59 Å². The van der Waals surface area contributed by atoms with Gasteiger partial charge in [-0.05, 0) is 39.3 Å². The van der Waals surface area contributed by atoms with Crippen molar-refractivity contribution >= 4 is 12.0 Å². The fraction of sp³-hybridized carbons (Fsp3) is 0.857. The molecule has 1 fully saturated rings. The molecule has 20 heavy (non-hydrogen) atoms. The maximum atomic E-state index is 11.8. The smallest absolute Gasteiger partial charge is 0.326 e. The summed E-state index contributed by atoms with van der Waals surface area (Å²) in [6.45, 7) is 6.83. The number of hydrogen-bond acceptors (Lipinski definition) is 3. The monoisotopic (exact) mass is 285 g/mol. The summed E-state index contributed by atoms with van der Waals surface area (Å²) in [7, 11) is 0. The van der Waals surface area contributed by atoms with Gasteiger partial charge in [-0.1, -0.05) is 19.8 Å². The number of carboxylic acid groups (broad SMARTS) is 1. The van der Waals surface area contributed by atoms with Crippen molar-refractivity contribution in [1.29, 1.82) is 0 Å². The molecule has 0 saturated carbocycles. The van der Waals surface area contributed by atoms with Gasteiger partial charge >= 0.3 is 12.0 Å². The first-order valence-corrected chi connectivity index (χ1v) is 7.55. The van der Waals surface area contributed by atoms with Crippen molar-refractivity contribution in [2.24, 2.45) is 0 Å². The number of urea groups is 1. The number of piperidine rings is 1. The first kappa shape index (κ1) is 16.8. The summed E-state index contributed by atoms with van der Waals surface area (Å²) in [5.41, 5.74) is 0. The number of carboxylic acids is 1. The minimum atomic E-state index is -0.981. The molecule has 0 bridgehead atoms. The van der Waals surface area contributed by atoms with Crippen LogP contribution in [0.5, 0.6) is 0 Å². The number of amides is 2. The molecule has 0 aromatic carbocycles. The van der Waals surface area contributed by atoms with Crippen LogP contribution in [0.25, 0.3) is 0 Å². The summed E-state index contributed by atoms with van der Waals surface area (Å²) in [5.74, 6) is -0.981. The number of carbonyl (C=O) groups is 2. The fourth-order valence-corrected chi connectivity index (χ4v) is 2.54. The van der Waals surface area contributed by atoms with Crippen molar-refractivity contribution in [2.45, 2.75) is 58.0 Å². The van der Waals surface area contributed by atoms with Crippen LogP contribution in [0.4, 0.5) is 4.79 Å². The Balaban J connectivity index is 2.30. The molecule has 0 aromatic rings. The Bertz CT molecular complexity index is 317. The van der Waals surface area contributed by atoms with E-state index in [0.717, 1.165) is 26.1 Å². The van der Waals surface area contributed by atoms with Crippen molar-refractivity contribution < 1.29 is 14.7 Å². The second-order valence-corrected chi connectivity index (χ2v) is 5.56. The second-order valence-electron chi connectivity index (χ2n) is 5.56. The molecule has 0 radical (unpaired) electrons. The quantitative estimate of drug-likeness (QED) is 0.660. The summed E-state index contributed by atoms with van der Waals surface area (Å²) < 4.78 is 0. The zero-order chi connectivity index (χ0) is 15.0. The SMILES string of the molecule is CCCC(NC(=O)NC(C)CN1CCCCC1)C(=O)O. The number of aliphatic carboxylic acids is 1. The van der Waals surface area contributed by atoms with Gasteiger partial charge in [0.25, 0.3) is 0 Å². The van der Waals surface area contributed by atoms with Gasteiger partial charge in [-0.15, -0.1) is 0 Å². The van der Waals surface area contributed by atoms with Crippen LogP contribution in [-0.4, -0.2) is 53.7 Å². The molecular weight excluding hydrogens is 258 g/mol. The summed E-state index contributed by atoms with van der Waals surface area (Å²) in [6, 6.07) is -1.18. The van der Waals surface area contributed by atoms with Gasteiger partial charge in [-0.3, -0.25) is 0 Å². The van der Waals surface area contributed by atoms with E-state index < -0.39 is 18.0 Å². The molecule has 2 atom stereocenters. The van der Waals surface area contributed by atoms with Gasteiger partial charge < -0.3 is 20.6 Å². The zero-order valence-corrected chi connectivity index (χ0v) is 12.5. The molecule has 2 amide bonds. The maximum Gasteiger partial charge on any atom is 0.326 e. The molecule has 116 valence electrons. The van der Waals surface area contributed by atoms with Crippen LogP contribution in [-0.2, 0) is 4.79 Å². The molecule has 6 heteroatoms. The maximum absolute atomic E-state index is 11.8. The molecule has 2 unspecified atom stereocenters. The van der Waals surface area contributed by atoms with E-state index in [4.69, 9.17) is 5.11 Å². The molecule has 6 nitrogen and oxygen atoms in total. The Morgan fingerprint density at radius 1 is 1.20 bits per heavy atom. The number of carbonyl (C=O) groups excluding carboxylic acids is 1. The van der Waals surface area contributed by atoms with Gasteiger partial charge in [0.15, 0.2) is 0 Å². The molecule has 1 rings (SSSR count). The third kappa shape index (κ3) is 6.23. The van der Waals surface area contributed by atoms with Crippen LogP contribution in [0, 0.1) is 0 Å². The van der Waals surface area contributed by atoms with Crippen LogP contribution in [0.3, 0.4) is 0 Å². The van der Waals surface area contributed by atoms with Crippen LogP contribution in [0.15, 0.2) is 0 Å². The standard InChI is InChI=1S/C14H27N3O3/c1-3-7-12(13(18)19)16-14(20)15-11(2)10-17-8-5-4-6-9-17/h11-12H,3-10H2,1-2H3,(H,18,19)(H2,15,16,20). The van der Waals surface area contributed by atoms with Gasteiger partial charge in [-0.25, -0.2) is 9.59 Å². The second kappa shape index (κ2) is 8.79. The molecule has 1 aliphatic rings. The van der Waals surface area contributed by atoms with Gasteiger partial charge in [0.05, 0.1) is 0 Å². The summed E-state index contributed by atoms with van der Waals surface area (Å²) in [5, 5.41) is 14.3. The highest BCUT2D eigenvalue weighted by atomic mass is 16.4. The average molecular weight is 285 g/mol. The zero-order valence-electron chi connectivity index (χ0n) is 12.5. The largest absolute Gasteiger partial charge is 0.480 e. The van der Waals surface area contributed by atoms with Crippen molar-refractivity contribution in [3.8, 4) is 0 Å². The topological polar surface area (TPSA) is 81.7 Å². The van der Waals surface area contributed by atoms with E-state index in [-0.39, 0.29) is 6.04 Å². The van der Waals surface area contributed by atoms with Crippen LogP contribution in [0.2, 0.25) is 0 Å². The number of rotatable bonds is 7. The third-order valence-electron chi connectivity index (χ3n) is 3.54. The highest BCUT2D eigenvalue weighted by Gasteiger charge is 2.20. The van der Waals surface area contributed by atoms with Gasteiger partial charge in [0.1, 0.15) is 6.04 Å². The average Bonchev–Trinajstić information content (AvgIpc) is 2.38. The van der Waals surface area contributed by atoms with E-state index in [0.29, 0.717) is 6.42 Å². The number of nitrogens with zero attached hydrogens (tertiary/aromatic N) is 1. The molecular formula is C14H27N3O3. The van der Waals surface area contributed by atoms with Gasteiger partial charge in [0, 0.05) is 12.6 Å². The lowest BCUT2D eigenvalue weighted by Gasteiger charge is -2.29. The first-order valence-electron chi connectivity index (χ1n) is 7.55. The van der Waals surface area contributed by atoms with Crippen molar-refractivity contribution in [2.75, 3.05) is 19.6 Å². The normalized spacial score (nSPS) is 19.1. The predicted molar refractivity (Wildman–Crippen MR) is 77.8 cm³/mol. The van der Waals surface area contributed by atoms with E-state index >= 15 is 0 Å². The lowest BCUT2D eigenvalue weighted by Crippen LogP contribution is -2.51. The van der Waals surface area contributed by atoms with Crippen LogP contribution < -0.4 is 10.6 Å². The lowest BCUT2D eigenvalue weighted by atomic mass is 10.1. The minimum Gasteiger partial charge on any atom is -0.480 e. The van der Waals surface area contributed by atoms with Gasteiger partial charge in [-0.2, -0.15) is 0 Å². The Hall–Kier alpha value is -1.30. The number of nitrogens with one attached hydrogen (secondary N) is 2. The number of likely N-dealkylation sites (tertiary alicyclic amines) is 1. The lowest BCUT2D eigenvalue weighted by molar-refractivity contribution is -0.139. The first-order chi connectivity index (χ1) is 9.52. The van der Waals surface area contributed by atoms with E-state index in [1.807, 2.05) is 13.8 Å². The molecule has 1 aliphatic heterocycles. The highest BCUT2D eigenvalue weighted by Crippen LogP contribution is 2.08. The van der Waals surface area contributed by atoms with Gasteiger partial charge in [0.2, 0.25) is 0 Å². The number of hydrogen-bond donors (Lipinski definition) is 3. The summed E-state index contributed by atoms with van der Waals surface area (Å²) in [4.78, 5) is 25.1. The molecule has 1 heterocycles. The van der Waals surface area contributed by atoms with E-state index in [1.54, 1.807) is 0 Å². The Morgan fingerprint density at radius 2 is 1.85 bits per heavy atom. The van der Waals surface area contributed by atoms with E-state index in [2.05, 4.69) is 15.5 Å². The molecule has 3 N–H and O–H groups in total. The van der Waals surface area contributed by atoms with Crippen molar-refractivity contribution in [1.82, 2.24) is 15.5 Å². The van der Waals surface area contributed by atoms with Crippen LogP contribution >= 0.6 is 0 Å². The molecule has 1 saturated heterocycles. The Kier molecular flexibility index (Phi) is 7.36. The third-order valence-corrected chi connectivity index (χ3v) is 3.54. The van der Waals surface area contributed by atoms with Crippen LogP contribution in [0.1, 0.15) is 46.0 Å². The van der Waals surface area contributed by atoms with Crippen molar-refractivity contribution in [3.63, 3.8) is 0 Å². The molecule has 0 aromatic heterocycles. The minimum absolute atomic E-state index is 0.0178. The Labute approximate surface area is 120 Å². The van der Waals surface area contributed by atoms with E-state index in [1.165, 1.54) is 19.3 Å². The van der Waals surface area contributed by atoms with Crippen molar-refractivity contribution in [3.05, 3.63) is 0 Å². The molecule has 0 aliphatic carbocycles. The summed E-state index contributed by atoms with van der Waals surface area (Å²) in [6.07, 6.45) is 4.90. The molecule has 0 spiro atoms. The highest BCUT2D eigenvalue weighted by molar-refractivity contribution is 5.82. The Morgan fingerprint density at radius 3 is 2.40 bits per heavy atom. The fourth-order valence-electron chi connectivity index (χ4n) is 2.54. The predicted octanol–water partition coefficient (Wildman–Crippen LogP) is 1.41. The summed E-state index contributed by atoms with van der Waals surface area (Å²) >= 11 is 0.